The topological polar surface area (TPSA) is 104 Å². The maximum absolute atomic E-state index is 10.7. The number of aromatic nitrogens is 4. The summed E-state index contributed by atoms with van der Waals surface area (Å²) in [5.74, 6) is 1.86. The summed E-state index contributed by atoms with van der Waals surface area (Å²) in [5.41, 5.74) is 3.26. The summed E-state index contributed by atoms with van der Waals surface area (Å²) in [5, 5.41) is 20.5. The van der Waals surface area contributed by atoms with Gasteiger partial charge in [-0.15, -0.1) is 0 Å². The van der Waals surface area contributed by atoms with Crippen molar-refractivity contribution in [3.8, 4) is 11.6 Å². The minimum atomic E-state index is -0.859. The van der Waals surface area contributed by atoms with Crippen molar-refractivity contribution in [2.24, 2.45) is 0 Å². The van der Waals surface area contributed by atoms with Gasteiger partial charge in [0, 0.05) is 18.3 Å². The van der Waals surface area contributed by atoms with Gasteiger partial charge < -0.3 is 19.9 Å². The lowest BCUT2D eigenvalue weighted by molar-refractivity contribution is 0.121. The maximum atomic E-state index is 10.7. The van der Waals surface area contributed by atoms with Crippen LogP contribution in [0.5, 0.6) is 11.6 Å². The summed E-state index contributed by atoms with van der Waals surface area (Å²) < 4.78 is 6.04. The van der Waals surface area contributed by atoms with Crippen LogP contribution in [-0.2, 0) is 0 Å². The molecule has 1 aliphatic rings. The second-order valence-electron chi connectivity index (χ2n) is 7.97. The van der Waals surface area contributed by atoms with Gasteiger partial charge >= 0.3 is 0 Å². The van der Waals surface area contributed by atoms with Gasteiger partial charge in [-0.25, -0.2) is 9.97 Å². The number of hydrogen-bond acceptors (Lipinski definition) is 6. The molecule has 0 radical (unpaired) electrons. The highest BCUT2D eigenvalue weighted by molar-refractivity contribution is 5.74. The molecule has 7 nitrogen and oxygen atoms in total. The molecular weight excluding hydrogens is 392 g/mol. The van der Waals surface area contributed by atoms with Gasteiger partial charge in [0.1, 0.15) is 23.4 Å². The number of imidazole rings is 1. The zero-order chi connectivity index (χ0) is 21.2. The van der Waals surface area contributed by atoms with Crippen LogP contribution >= 0.6 is 0 Å². The molecule has 1 saturated carbocycles. The van der Waals surface area contributed by atoms with Gasteiger partial charge in [-0.2, -0.15) is 0 Å². The quantitative estimate of drug-likeness (QED) is 0.449. The van der Waals surface area contributed by atoms with E-state index in [-0.39, 0.29) is 12.0 Å². The molecule has 0 aliphatic heterocycles. The van der Waals surface area contributed by atoms with E-state index < -0.39 is 6.10 Å². The van der Waals surface area contributed by atoms with E-state index in [1.54, 1.807) is 12.4 Å². The molecule has 0 unspecified atom stereocenters. The highest BCUT2D eigenvalue weighted by atomic mass is 16.5. The van der Waals surface area contributed by atoms with Crippen LogP contribution in [-0.4, -0.2) is 36.3 Å². The Kier molecular flexibility index (Phi) is 5.36. The van der Waals surface area contributed by atoms with Crippen molar-refractivity contribution in [3.63, 3.8) is 0 Å². The van der Waals surface area contributed by atoms with Gasteiger partial charge in [-0.3, -0.25) is 4.98 Å². The maximum Gasteiger partial charge on any atom is 0.241 e. The monoisotopic (exact) mass is 416 g/mol. The fourth-order valence-electron chi connectivity index (χ4n) is 4.13. The first-order chi connectivity index (χ1) is 15.2. The van der Waals surface area contributed by atoms with Crippen LogP contribution in [0, 0.1) is 0 Å². The van der Waals surface area contributed by atoms with Crippen LogP contribution in [0.25, 0.3) is 11.0 Å². The minimum absolute atomic E-state index is 0.219. The third-order valence-electron chi connectivity index (χ3n) is 5.85. The lowest BCUT2D eigenvalue weighted by atomic mass is 9.85. The summed E-state index contributed by atoms with van der Waals surface area (Å²) in [7, 11) is 0. The number of aliphatic hydroxyl groups excluding tert-OH is 2. The van der Waals surface area contributed by atoms with Crippen molar-refractivity contribution < 1.29 is 14.9 Å². The standard InChI is InChI=1S/C24H24N4O3/c29-17-9-5-15(6-10-17)21-24(26-14-13-25-21)31-18-11-7-16(8-12-18)22(30)23-27-19-3-1-2-4-20(19)28-23/h1-4,7-8,11-15,17,22,29-30H,5-6,9-10H2,(H,27,28)/t15?,17?,22-/m0/s1. The molecule has 0 spiro atoms. The van der Waals surface area contributed by atoms with Crippen LogP contribution in [0.3, 0.4) is 0 Å². The smallest absolute Gasteiger partial charge is 0.241 e. The molecule has 1 fully saturated rings. The Morgan fingerprint density at radius 3 is 2.45 bits per heavy atom. The zero-order valence-corrected chi connectivity index (χ0v) is 17.0. The third kappa shape index (κ3) is 4.15. The Morgan fingerprint density at radius 1 is 0.935 bits per heavy atom. The van der Waals surface area contributed by atoms with Crippen molar-refractivity contribution in [1.29, 1.82) is 0 Å². The fourth-order valence-corrected chi connectivity index (χ4v) is 4.13. The normalized spacial score (nSPS) is 19.9. The number of fused-ring (bicyclic) bond motifs is 1. The van der Waals surface area contributed by atoms with E-state index in [4.69, 9.17) is 4.74 Å². The molecule has 0 amide bonds. The van der Waals surface area contributed by atoms with Gasteiger partial charge in [0.2, 0.25) is 5.88 Å². The molecule has 3 N–H and O–H groups in total. The number of para-hydroxylation sites is 2. The third-order valence-corrected chi connectivity index (χ3v) is 5.85. The first-order valence-corrected chi connectivity index (χ1v) is 10.6. The predicted molar refractivity (Wildman–Crippen MR) is 116 cm³/mol. The number of ether oxygens (including phenoxy) is 1. The molecule has 4 aromatic rings. The van der Waals surface area contributed by atoms with Gasteiger partial charge in [-0.05, 0) is 55.5 Å². The Balaban J connectivity index is 1.33. The first-order valence-electron chi connectivity index (χ1n) is 10.6. The van der Waals surface area contributed by atoms with Gasteiger partial charge in [0.25, 0.3) is 0 Å². The van der Waals surface area contributed by atoms with Crippen LogP contribution in [0.1, 0.15) is 54.8 Å². The molecule has 2 aromatic heterocycles. The van der Waals surface area contributed by atoms with Gasteiger partial charge in [0.05, 0.1) is 17.1 Å². The van der Waals surface area contributed by atoms with Crippen LogP contribution in [0.15, 0.2) is 60.9 Å². The summed E-state index contributed by atoms with van der Waals surface area (Å²) in [6.07, 6.45) is 5.52. The van der Waals surface area contributed by atoms with E-state index in [1.807, 2.05) is 48.5 Å². The average Bonchev–Trinajstić information content (AvgIpc) is 3.25. The molecule has 158 valence electrons. The fraction of sp³-hybridized carbons (Fsp3) is 0.292. The molecule has 0 saturated heterocycles. The van der Waals surface area contributed by atoms with Crippen molar-refractivity contribution in [3.05, 3.63) is 78.0 Å². The second kappa shape index (κ2) is 8.45. The average molecular weight is 416 g/mol. The number of aromatic amines is 1. The molecule has 2 heterocycles. The van der Waals surface area contributed by atoms with Crippen molar-refractivity contribution in [2.75, 3.05) is 0 Å². The second-order valence-corrected chi connectivity index (χ2v) is 7.97. The largest absolute Gasteiger partial charge is 0.437 e. The molecule has 31 heavy (non-hydrogen) atoms. The Labute approximate surface area is 179 Å². The van der Waals surface area contributed by atoms with Crippen molar-refractivity contribution in [2.45, 2.75) is 43.8 Å². The summed E-state index contributed by atoms with van der Waals surface area (Å²) in [6.45, 7) is 0. The van der Waals surface area contributed by atoms with Crippen molar-refractivity contribution in [1.82, 2.24) is 19.9 Å². The minimum Gasteiger partial charge on any atom is -0.437 e. The number of aliphatic hydroxyl groups is 2. The molecule has 1 atom stereocenters. The van der Waals surface area contributed by atoms with E-state index in [2.05, 4.69) is 19.9 Å². The lowest BCUT2D eigenvalue weighted by Crippen LogP contribution is -2.18. The van der Waals surface area contributed by atoms with E-state index in [0.29, 0.717) is 23.0 Å². The van der Waals surface area contributed by atoms with E-state index >= 15 is 0 Å². The zero-order valence-electron chi connectivity index (χ0n) is 17.0. The van der Waals surface area contributed by atoms with E-state index in [1.165, 1.54) is 0 Å². The SMILES string of the molecule is OC1CCC(c2nccnc2Oc2ccc([C@H](O)c3nc4ccccc4[nH]3)cc2)CC1. The lowest BCUT2D eigenvalue weighted by Gasteiger charge is -2.25. The molecule has 7 heteroatoms. The Morgan fingerprint density at radius 2 is 1.68 bits per heavy atom. The number of H-pyrrole nitrogens is 1. The molecule has 0 bridgehead atoms. The van der Waals surface area contributed by atoms with Crippen molar-refractivity contribution >= 4 is 11.0 Å². The molecule has 5 rings (SSSR count). The highest BCUT2D eigenvalue weighted by Crippen LogP contribution is 2.36. The number of nitrogens with one attached hydrogen (secondary N) is 1. The van der Waals surface area contributed by atoms with Gasteiger partial charge in [-0.1, -0.05) is 24.3 Å². The van der Waals surface area contributed by atoms with E-state index in [0.717, 1.165) is 42.4 Å². The Hall–Kier alpha value is -3.29. The summed E-state index contributed by atoms with van der Waals surface area (Å²) in [4.78, 5) is 16.5. The highest BCUT2D eigenvalue weighted by Gasteiger charge is 2.25. The number of benzene rings is 2. The number of hydrogen-bond donors (Lipinski definition) is 3. The molecule has 1 aliphatic carbocycles. The molecule has 2 aromatic carbocycles. The first kappa shape index (κ1) is 19.7. The summed E-state index contributed by atoms with van der Waals surface area (Å²) in [6, 6.07) is 14.9. The Bertz CT molecular complexity index is 1130. The predicted octanol–water partition coefficient (Wildman–Crippen LogP) is 4.25. The number of rotatable bonds is 5. The molecular formula is C24H24N4O3. The van der Waals surface area contributed by atoms with E-state index in [9.17, 15) is 10.2 Å². The van der Waals surface area contributed by atoms with Crippen LogP contribution in [0.4, 0.5) is 0 Å². The van der Waals surface area contributed by atoms with Crippen LogP contribution in [0.2, 0.25) is 0 Å². The number of nitrogens with zero attached hydrogens (tertiary/aromatic N) is 3. The summed E-state index contributed by atoms with van der Waals surface area (Å²) >= 11 is 0. The van der Waals surface area contributed by atoms with Crippen LogP contribution < -0.4 is 4.74 Å². The van der Waals surface area contributed by atoms with Gasteiger partial charge in [0.15, 0.2) is 0 Å².